The highest BCUT2D eigenvalue weighted by atomic mass is 32.2. The van der Waals surface area contributed by atoms with Crippen molar-refractivity contribution < 1.29 is 52.3 Å². The van der Waals surface area contributed by atoms with Gasteiger partial charge in [0.25, 0.3) is 0 Å². The van der Waals surface area contributed by atoms with E-state index in [1.54, 1.807) is 0 Å². The Labute approximate surface area is 295 Å². The van der Waals surface area contributed by atoms with Gasteiger partial charge >= 0.3 is 0 Å². The second kappa shape index (κ2) is 28.4. The van der Waals surface area contributed by atoms with Crippen molar-refractivity contribution in [1.29, 1.82) is 0 Å². The molecule has 2 unspecified atom stereocenters. The molecule has 4 amide bonds. The lowest BCUT2D eigenvalue weighted by molar-refractivity contribution is -0.140. The maximum Gasteiger partial charge on any atom is 0.242 e. The molecule has 15 heteroatoms. The Kier molecular flexibility index (Phi) is 25.4. The summed E-state index contributed by atoms with van der Waals surface area (Å²) in [5.41, 5.74) is 0. The van der Waals surface area contributed by atoms with Crippen LogP contribution in [0.15, 0.2) is 0 Å². The number of hydrogen-bond acceptors (Lipinski definition) is 13. The first-order valence-corrected chi connectivity index (χ1v) is 19.5. The molecule has 0 radical (unpaired) electrons. The lowest BCUT2D eigenvalue weighted by Crippen LogP contribution is -2.34. The van der Waals surface area contributed by atoms with Crippen LogP contribution >= 0.6 is 23.5 Å². The highest BCUT2D eigenvalue weighted by Crippen LogP contribution is 2.26. The number of thioether (sulfide) groups is 2. The van der Waals surface area contributed by atoms with Gasteiger partial charge in [-0.2, -0.15) is 0 Å². The van der Waals surface area contributed by atoms with Gasteiger partial charge in [0.1, 0.15) is 0 Å². The maximum absolute atomic E-state index is 12.7. The van der Waals surface area contributed by atoms with Crippen LogP contribution in [0.25, 0.3) is 0 Å². The van der Waals surface area contributed by atoms with Crippen LogP contribution in [0.2, 0.25) is 0 Å². The van der Waals surface area contributed by atoms with Gasteiger partial charge in [-0.25, -0.2) is 0 Å². The van der Waals surface area contributed by atoms with Crippen molar-refractivity contribution in [3.63, 3.8) is 0 Å². The molecule has 0 spiro atoms. The second-order valence-corrected chi connectivity index (χ2v) is 13.9. The van der Waals surface area contributed by atoms with Gasteiger partial charge < -0.3 is 33.2 Å². The molecule has 2 aliphatic heterocycles. The van der Waals surface area contributed by atoms with Crippen LogP contribution in [0.5, 0.6) is 0 Å². The fraction of sp³-hybridized carbons (Fsp3) is 0.879. The normalized spacial score (nSPS) is 18.3. The molecular weight excluding hydrogens is 665 g/mol. The molecule has 2 rings (SSSR count). The number of likely N-dealkylation sites (tertiary alicyclic amines) is 2. The van der Waals surface area contributed by atoms with E-state index in [4.69, 9.17) is 33.2 Å². The van der Waals surface area contributed by atoms with E-state index in [1.165, 1.54) is 33.3 Å². The zero-order chi connectivity index (χ0) is 34.7. The molecule has 0 aromatic rings. The number of hydrogen-bond donors (Lipinski definition) is 0. The van der Waals surface area contributed by atoms with Crippen molar-refractivity contribution in [2.45, 2.75) is 69.3 Å². The van der Waals surface area contributed by atoms with E-state index in [1.807, 2.05) is 0 Å². The topological polar surface area (TPSA) is 139 Å². The Morgan fingerprint density at radius 1 is 0.479 bits per heavy atom. The molecule has 0 N–H and O–H groups in total. The lowest BCUT2D eigenvalue weighted by atomic mass is 10.2. The molecule has 2 saturated heterocycles. The monoisotopic (exact) mass is 722 g/mol. The van der Waals surface area contributed by atoms with E-state index in [-0.39, 0.29) is 60.1 Å². The highest BCUT2D eigenvalue weighted by Gasteiger charge is 2.39. The van der Waals surface area contributed by atoms with Crippen LogP contribution in [-0.4, -0.2) is 161 Å². The number of rotatable bonds is 33. The summed E-state index contributed by atoms with van der Waals surface area (Å²) in [6, 6.07) is 0. The van der Waals surface area contributed by atoms with Gasteiger partial charge in [-0.1, -0.05) is 13.8 Å². The fourth-order valence-electron chi connectivity index (χ4n) is 4.82. The lowest BCUT2D eigenvalue weighted by Gasteiger charge is -2.15. The number of carbonyl (C=O) groups is 4. The molecule has 278 valence electrons. The molecule has 0 aliphatic carbocycles. The number of imide groups is 2. The molecule has 48 heavy (non-hydrogen) atoms. The first-order chi connectivity index (χ1) is 23.5. The Hall–Kier alpha value is -1.30. The average Bonchev–Trinajstić information content (AvgIpc) is 3.51. The minimum atomic E-state index is -0.387. The summed E-state index contributed by atoms with van der Waals surface area (Å²) in [4.78, 5) is 52.6. The molecule has 2 fully saturated rings. The first-order valence-electron chi connectivity index (χ1n) is 17.4. The molecule has 13 nitrogen and oxygen atoms in total. The molecular formula is C33H58N2O11S2. The molecule has 0 bridgehead atoms. The van der Waals surface area contributed by atoms with E-state index in [2.05, 4.69) is 13.8 Å². The second-order valence-electron chi connectivity index (χ2n) is 11.2. The van der Waals surface area contributed by atoms with Crippen molar-refractivity contribution in [3.05, 3.63) is 0 Å². The van der Waals surface area contributed by atoms with E-state index in [9.17, 15) is 19.2 Å². The number of nitrogens with zero attached hydrogens (tertiary/aromatic N) is 2. The van der Waals surface area contributed by atoms with Gasteiger partial charge in [0, 0.05) is 50.7 Å². The summed E-state index contributed by atoms with van der Waals surface area (Å²) in [5.74, 6) is 0.679. The third kappa shape index (κ3) is 18.6. The van der Waals surface area contributed by atoms with E-state index >= 15 is 0 Å². The highest BCUT2D eigenvalue weighted by molar-refractivity contribution is 8.00. The average molecular weight is 723 g/mol. The minimum absolute atomic E-state index is 0.0967. The van der Waals surface area contributed by atoms with Crippen molar-refractivity contribution in [3.8, 4) is 0 Å². The summed E-state index contributed by atoms with van der Waals surface area (Å²) in [6.45, 7) is 12.1. The minimum Gasteiger partial charge on any atom is -0.379 e. The number of carbonyl (C=O) groups excluding carboxylic acids is 4. The quantitative estimate of drug-likeness (QED) is 0.0726. The summed E-state index contributed by atoms with van der Waals surface area (Å²) >= 11 is 2.89. The Bertz CT molecular complexity index is 832. The number of unbranched alkanes of at least 4 members (excludes halogenated alkanes) is 2. The van der Waals surface area contributed by atoms with Crippen molar-refractivity contribution in [2.75, 3.05) is 117 Å². The predicted octanol–water partition coefficient (Wildman–Crippen LogP) is 2.81. The van der Waals surface area contributed by atoms with E-state index in [0.29, 0.717) is 90.7 Å². The van der Waals surface area contributed by atoms with Crippen LogP contribution < -0.4 is 0 Å². The molecule has 0 saturated carbocycles. The molecule has 2 atom stereocenters. The Morgan fingerprint density at radius 2 is 0.875 bits per heavy atom. The zero-order valence-corrected chi connectivity index (χ0v) is 30.7. The molecule has 2 heterocycles. The van der Waals surface area contributed by atoms with Crippen LogP contribution in [0, 0.1) is 0 Å². The van der Waals surface area contributed by atoms with Gasteiger partial charge in [0.2, 0.25) is 23.6 Å². The predicted molar refractivity (Wildman–Crippen MR) is 185 cm³/mol. The Morgan fingerprint density at radius 3 is 1.35 bits per heavy atom. The van der Waals surface area contributed by atoms with Crippen molar-refractivity contribution in [1.82, 2.24) is 9.80 Å². The standard InChI is InChI=1S/C33H58N2O11S2/c1-3-10-40-14-16-42-12-7-5-6-8-34-30(36)26-28(32(34)38)47-24-22-45-20-21-46-23-25-48-29-27-31(37)35(33(29)39)9-13-43-17-19-44-18-15-41-11-4-2/h28-29H,3-27H2,1-2H3. The van der Waals surface area contributed by atoms with Gasteiger partial charge in [0.05, 0.1) is 89.7 Å². The van der Waals surface area contributed by atoms with Crippen LogP contribution in [0.1, 0.15) is 58.8 Å². The molecule has 0 aromatic heterocycles. The third-order valence-corrected chi connectivity index (χ3v) is 9.66. The van der Waals surface area contributed by atoms with Gasteiger partial charge in [0.15, 0.2) is 0 Å². The SMILES string of the molecule is CCCOCCOCCCCCN1C(=O)CC(SCCOCCOCCSC2CC(=O)N(CCOCCOCCOCCC)C2=O)C1=O. The summed E-state index contributed by atoms with van der Waals surface area (Å²) in [5, 5.41) is -0.725. The molecule has 2 aliphatic rings. The smallest absolute Gasteiger partial charge is 0.242 e. The van der Waals surface area contributed by atoms with E-state index in [0.717, 1.165) is 45.3 Å². The van der Waals surface area contributed by atoms with Crippen LogP contribution in [0.3, 0.4) is 0 Å². The number of ether oxygens (including phenoxy) is 7. The van der Waals surface area contributed by atoms with Crippen molar-refractivity contribution in [2.24, 2.45) is 0 Å². The first kappa shape index (κ1) is 42.9. The van der Waals surface area contributed by atoms with Gasteiger partial charge in [-0.3, -0.25) is 29.0 Å². The third-order valence-electron chi connectivity index (χ3n) is 7.31. The van der Waals surface area contributed by atoms with E-state index < -0.39 is 0 Å². The van der Waals surface area contributed by atoms with Crippen LogP contribution in [-0.2, 0) is 52.3 Å². The van der Waals surface area contributed by atoms with Gasteiger partial charge in [-0.05, 0) is 32.1 Å². The summed E-state index contributed by atoms with van der Waals surface area (Å²) < 4.78 is 38.4. The fourth-order valence-corrected chi connectivity index (χ4v) is 6.87. The zero-order valence-electron chi connectivity index (χ0n) is 29.0. The molecule has 0 aromatic carbocycles. The summed E-state index contributed by atoms with van der Waals surface area (Å²) in [7, 11) is 0. The maximum atomic E-state index is 12.7. The van der Waals surface area contributed by atoms with Crippen LogP contribution in [0.4, 0.5) is 0 Å². The Balaban J connectivity index is 1.40. The van der Waals surface area contributed by atoms with Crippen molar-refractivity contribution >= 4 is 47.2 Å². The number of amides is 4. The largest absolute Gasteiger partial charge is 0.379 e. The van der Waals surface area contributed by atoms with Gasteiger partial charge in [-0.15, -0.1) is 23.5 Å². The summed E-state index contributed by atoms with van der Waals surface area (Å²) in [6.07, 6.45) is 5.00.